The molecule has 0 aromatic heterocycles. The van der Waals surface area contributed by atoms with Crippen LogP contribution in [0.1, 0.15) is 49.3 Å². The summed E-state index contributed by atoms with van der Waals surface area (Å²) in [5.41, 5.74) is 4.49. The smallest absolute Gasteiger partial charge is 0.303 e. The van der Waals surface area contributed by atoms with Crippen molar-refractivity contribution in [3.8, 4) is 5.75 Å². The van der Waals surface area contributed by atoms with Gasteiger partial charge in [-0.05, 0) is 46.7 Å². The molecule has 2 aromatic carbocycles. The first-order chi connectivity index (χ1) is 11.5. The summed E-state index contributed by atoms with van der Waals surface area (Å²) in [6.45, 7) is 4.34. The molecule has 0 amide bonds. The van der Waals surface area contributed by atoms with Gasteiger partial charge in [-0.2, -0.15) is 0 Å². The van der Waals surface area contributed by atoms with E-state index in [1.165, 1.54) is 5.56 Å². The third-order valence-electron chi connectivity index (χ3n) is 4.00. The van der Waals surface area contributed by atoms with E-state index in [0.29, 0.717) is 12.3 Å². The number of rotatable bonds is 7. The van der Waals surface area contributed by atoms with Gasteiger partial charge in [0.2, 0.25) is 0 Å². The molecule has 0 unspecified atom stereocenters. The molecule has 3 nitrogen and oxygen atoms in total. The normalized spacial score (nSPS) is 11.6. The van der Waals surface area contributed by atoms with Gasteiger partial charge in [0.25, 0.3) is 0 Å². The summed E-state index contributed by atoms with van der Waals surface area (Å²) in [4.78, 5) is 10.8. The molecule has 0 spiro atoms. The third kappa shape index (κ3) is 4.72. The molecule has 0 fully saturated rings. The zero-order valence-electron chi connectivity index (χ0n) is 14.5. The minimum Gasteiger partial charge on any atom is -0.497 e. The minimum absolute atomic E-state index is 0.129. The van der Waals surface area contributed by atoms with Crippen LogP contribution in [0.2, 0.25) is 0 Å². The van der Waals surface area contributed by atoms with Crippen LogP contribution in [-0.2, 0) is 4.79 Å². The van der Waals surface area contributed by atoms with E-state index in [1.807, 2.05) is 30.3 Å². The molecule has 1 N–H and O–H groups in total. The summed E-state index contributed by atoms with van der Waals surface area (Å²) < 4.78 is 5.21. The number of ether oxygens (including phenoxy) is 1. The van der Waals surface area contributed by atoms with E-state index in [0.717, 1.165) is 22.4 Å². The monoisotopic (exact) mass is 324 g/mol. The van der Waals surface area contributed by atoms with Crippen molar-refractivity contribution in [2.75, 3.05) is 7.11 Å². The Kier molecular flexibility index (Phi) is 6.19. The molecule has 2 aromatic rings. The van der Waals surface area contributed by atoms with Gasteiger partial charge in [-0.25, -0.2) is 0 Å². The fourth-order valence-electron chi connectivity index (χ4n) is 2.56. The van der Waals surface area contributed by atoms with Crippen molar-refractivity contribution in [1.82, 2.24) is 0 Å². The summed E-state index contributed by atoms with van der Waals surface area (Å²) in [5.74, 6) is 0.508. The molecule has 0 atom stereocenters. The molecule has 0 radical (unpaired) electrons. The minimum atomic E-state index is -0.782. The van der Waals surface area contributed by atoms with E-state index in [-0.39, 0.29) is 6.42 Å². The van der Waals surface area contributed by atoms with Crippen molar-refractivity contribution in [1.29, 1.82) is 0 Å². The number of carboxylic acid groups (broad SMARTS) is 1. The van der Waals surface area contributed by atoms with Crippen molar-refractivity contribution >= 4 is 11.5 Å². The first-order valence-electron chi connectivity index (χ1n) is 8.18. The lowest BCUT2D eigenvalue weighted by Gasteiger charge is -2.12. The first-order valence-corrected chi connectivity index (χ1v) is 8.18. The van der Waals surface area contributed by atoms with E-state index in [1.54, 1.807) is 7.11 Å². The summed E-state index contributed by atoms with van der Waals surface area (Å²) >= 11 is 0. The van der Waals surface area contributed by atoms with Crippen LogP contribution in [-0.4, -0.2) is 18.2 Å². The second-order valence-electron chi connectivity index (χ2n) is 6.06. The van der Waals surface area contributed by atoms with Crippen LogP contribution >= 0.6 is 0 Å². The standard InChI is InChI=1S/C21H24O3/c1-15(2)16-7-9-17(10-8-16)20(5-4-6-21(22)23)18-11-13-19(24-3)14-12-18/h5,7-15H,4,6H2,1-3H3,(H,22,23). The highest BCUT2D eigenvalue weighted by atomic mass is 16.5. The van der Waals surface area contributed by atoms with Crippen LogP contribution in [0.5, 0.6) is 5.75 Å². The molecular formula is C21H24O3. The van der Waals surface area contributed by atoms with Crippen LogP contribution in [0.3, 0.4) is 0 Å². The predicted octanol–water partition coefficient (Wildman–Crippen LogP) is 5.12. The van der Waals surface area contributed by atoms with Crippen LogP contribution in [0, 0.1) is 0 Å². The van der Waals surface area contributed by atoms with Crippen molar-refractivity contribution in [2.24, 2.45) is 0 Å². The lowest BCUT2D eigenvalue weighted by molar-refractivity contribution is -0.136. The van der Waals surface area contributed by atoms with Gasteiger partial charge in [-0.3, -0.25) is 4.79 Å². The third-order valence-corrected chi connectivity index (χ3v) is 4.00. The number of carboxylic acids is 1. The fourth-order valence-corrected chi connectivity index (χ4v) is 2.56. The number of methoxy groups -OCH3 is 1. The first kappa shape index (κ1) is 17.8. The van der Waals surface area contributed by atoms with E-state index in [4.69, 9.17) is 9.84 Å². The lowest BCUT2D eigenvalue weighted by Crippen LogP contribution is -1.95. The molecule has 0 aliphatic rings. The predicted molar refractivity (Wildman–Crippen MR) is 97.5 cm³/mol. The van der Waals surface area contributed by atoms with E-state index >= 15 is 0 Å². The Hall–Kier alpha value is -2.55. The Balaban J connectivity index is 2.35. The van der Waals surface area contributed by atoms with Crippen LogP contribution in [0.25, 0.3) is 5.57 Å². The van der Waals surface area contributed by atoms with Gasteiger partial charge in [0.15, 0.2) is 0 Å². The Labute approximate surface area is 143 Å². The maximum atomic E-state index is 10.8. The summed E-state index contributed by atoms with van der Waals surface area (Å²) in [6, 6.07) is 16.3. The molecule has 126 valence electrons. The van der Waals surface area contributed by atoms with Gasteiger partial charge in [0, 0.05) is 6.42 Å². The fraction of sp³-hybridized carbons (Fsp3) is 0.286. The zero-order valence-corrected chi connectivity index (χ0v) is 14.5. The van der Waals surface area contributed by atoms with Crippen molar-refractivity contribution in [3.63, 3.8) is 0 Å². The van der Waals surface area contributed by atoms with Crippen molar-refractivity contribution < 1.29 is 14.6 Å². The van der Waals surface area contributed by atoms with Crippen molar-refractivity contribution in [2.45, 2.75) is 32.6 Å². The number of benzene rings is 2. The number of aliphatic carboxylic acids is 1. The average Bonchev–Trinajstić information content (AvgIpc) is 2.59. The highest BCUT2D eigenvalue weighted by molar-refractivity contribution is 5.80. The molecule has 0 bridgehead atoms. The van der Waals surface area contributed by atoms with E-state index in [2.05, 4.69) is 38.1 Å². The Bertz CT molecular complexity index is 695. The lowest BCUT2D eigenvalue weighted by atomic mass is 9.94. The molecule has 0 heterocycles. The van der Waals surface area contributed by atoms with Crippen LogP contribution in [0.15, 0.2) is 54.6 Å². The largest absolute Gasteiger partial charge is 0.497 e. The maximum Gasteiger partial charge on any atom is 0.303 e. The summed E-state index contributed by atoms with van der Waals surface area (Å²) in [6.07, 6.45) is 2.63. The molecule has 0 aliphatic carbocycles. The Morgan fingerprint density at radius 3 is 2.04 bits per heavy atom. The molecule has 0 aliphatic heterocycles. The number of carbonyl (C=O) groups is 1. The van der Waals surface area contributed by atoms with Gasteiger partial charge in [0.1, 0.15) is 5.75 Å². The SMILES string of the molecule is COc1ccc(C(=CCCC(=O)O)c2ccc(C(C)C)cc2)cc1. The van der Waals surface area contributed by atoms with Gasteiger partial charge in [-0.1, -0.05) is 56.3 Å². The molecule has 24 heavy (non-hydrogen) atoms. The number of allylic oxidation sites excluding steroid dienone is 1. The Morgan fingerprint density at radius 1 is 1.04 bits per heavy atom. The second kappa shape index (κ2) is 8.34. The maximum absolute atomic E-state index is 10.8. The highest BCUT2D eigenvalue weighted by Crippen LogP contribution is 2.27. The second-order valence-corrected chi connectivity index (χ2v) is 6.06. The van der Waals surface area contributed by atoms with Crippen molar-refractivity contribution in [3.05, 3.63) is 71.3 Å². The molecule has 2 rings (SSSR count). The Morgan fingerprint density at radius 2 is 1.58 bits per heavy atom. The topological polar surface area (TPSA) is 46.5 Å². The zero-order chi connectivity index (χ0) is 17.5. The van der Waals surface area contributed by atoms with Crippen LogP contribution in [0.4, 0.5) is 0 Å². The summed E-state index contributed by atoms with van der Waals surface area (Å²) in [7, 11) is 1.64. The average molecular weight is 324 g/mol. The van der Waals surface area contributed by atoms with Gasteiger partial charge in [-0.15, -0.1) is 0 Å². The molecular weight excluding hydrogens is 300 g/mol. The van der Waals surface area contributed by atoms with Gasteiger partial charge in [0.05, 0.1) is 7.11 Å². The summed E-state index contributed by atoms with van der Waals surface area (Å²) in [5, 5.41) is 8.89. The molecule has 3 heteroatoms. The molecule has 0 saturated heterocycles. The molecule has 0 saturated carbocycles. The number of hydrogen-bond acceptors (Lipinski definition) is 2. The highest BCUT2D eigenvalue weighted by Gasteiger charge is 2.07. The van der Waals surface area contributed by atoms with Gasteiger partial charge < -0.3 is 9.84 Å². The van der Waals surface area contributed by atoms with Gasteiger partial charge >= 0.3 is 5.97 Å². The van der Waals surface area contributed by atoms with E-state index < -0.39 is 5.97 Å². The quantitative estimate of drug-likeness (QED) is 0.769. The van der Waals surface area contributed by atoms with Crippen LogP contribution < -0.4 is 4.74 Å². The number of hydrogen-bond donors (Lipinski definition) is 1. The van der Waals surface area contributed by atoms with E-state index in [9.17, 15) is 4.79 Å².